The Bertz CT molecular complexity index is 595. The first-order chi connectivity index (χ1) is 12.7. The Balaban J connectivity index is 1.75. The summed E-state index contributed by atoms with van der Waals surface area (Å²) >= 11 is 0. The lowest BCUT2D eigenvalue weighted by Crippen LogP contribution is -2.54. The third kappa shape index (κ3) is 3.95. The minimum absolute atomic E-state index is 0.0352. The molecule has 0 spiro atoms. The third-order valence-electron chi connectivity index (χ3n) is 8.44. The second-order valence-electron chi connectivity index (χ2n) is 10.2. The Morgan fingerprint density at radius 1 is 1.15 bits per heavy atom. The standard InChI is InChI=1S/C23H36O4/c1-5-21(26)27-16-10-13-23(4)15(14-16)6-7-17-18(8-9-20(24)25)22(2,3)12-11-19(17)23/h5,15-19H,1,6-14H2,2-4H3,(H,24,25)/t15?,16?,17?,18?,19?,23-/m0/s1. The Morgan fingerprint density at radius 2 is 1.89 bits per heavy atom. The zero-order valence-corrected chi connectivity index (χ0v) is 17.2. The van der Waals surface area contributed by atoms with Crippen LogP contribution in [0, 0.1) is 34.5 Å². The SMILES string of the molecule is C=CC(=O)OC1CC[C@@]2(C)C(CCC3C(CCC(=O)O)C(C)(C)CCC32)C1. The second kappa shape index (κ2) is 7.60. The van der Waals surface area contributed by atoms with Crippen molar-refractivity contribution in [3.8, 4) is 0 Å². The number of fused-ring (bicyclic) bond motifs is 3. The number of carboxylic acid groups (broad SMARTS) is 1. The monoisotopic (exact) mass is 376 g/mol. The normalized spacial score (nSPS) is 40.3. The maximum atomic E-state index is 11.6. The molecule has 3 rings (SSSR count). The van der Waals surface area contributed by atoms with Gasteiger partial charge in [0.15, 0.2) is 0 Å². The van der Waals surface area contributed by atoms with Crippen LogP contribution in [0.4, 0.5) is 0 Å². The van der Waals surface area contributed by atoms with Crippen LogP contribution in [0.5, 0.6) is 0 Å². The van der Waals surface area contributed by atoms with Gasteiger partial charge >= 0.3 is 11.9 Å². The van der Waals surface area contributed by atoms with Crippen molar-refractivity contribution in [1.29, 1.82) is 0 Å². The second-order valence-corrected chi connectivity index (χ2v) is 10.2. The van der Waals surface area contributed by atoms with Gasteiger partial charge in [-0.3, -0.25) is 4.79 Å². The zero-order chi connectivity index (χ0) is 19.8. The maximum Gasteiger partial charge on any atom is 0.330 e. The van der Waals surface area contributed by atoms with Crippen LogP contribution in [0.15, 0.2) is 12.7 Å². The molecule has 0 aliphatic heterocycles. The van der Waals surface area contributed by atoms with Crippen molar-refractivity contribution in [1.82, 2.24) is 0 Å². The number of esters is 1. The van der Waals surface area contributed by atoms with Gasteiger partial charge in [0.2, 0.25) is 0 Å². The Labute approximate surface area is 163 Å². The number of carbonyl (C=O) groups is 2. The van der Waals surface area contributed by atoms with Gasteiger partial charge in [0, 0.05) is 12.5 Å². The molecular formula is C23H36O4. The van der Waals surface area contributed by atoms with Crippen molar-refractivity contribution in [2.45, 2.75) is 84.7 Å². The molecule has 5 unspecified atom stereocenters. The summed E-state index contributed by atoms with van der Waals surface area (Å²) in [6.45, 7) is 10.7. The van der Waals surface area contributed by atoms with Gasteiger partial charge in [0.25, 0.3) is 0 Å². The minimum atomic E-state index is -0.669. The lowest BCUT2D eigenvalue weighted by molar-refractivity contribution is -0.158. The molecule has 152 valence electrons. The highest BCUT2D eigenvalue weighted by Crippen LogP contribution is 2.63. The fourth-order valence-electron chi connectivity index (χ4n) is 6.92. The number of rotatable bonds is 5. The topological polar surface area (TPSA) is 63.6 Å². The first kappa shape index (κ1) is 20.4. The summed E-state index contributed by atoms with van der Waals surface area (Å²) in [7, 11) is 0. The van der Waals surface area contributed by atoms with Crippen LogP contribution in [-0.4, -0.2) is 23.1 Å². The van der Waals surface area contributed by atoms with Crippen molar-refractivity contribution in [2.75, 3.05) is 0 Å². The van der Waals surface area contributed by atoms with Gasteiger partial charge in [-0.25, -0.2) is 4.79 Å². The highest BCUT2D eigenvalue weighted by Gasteiger charge is 2.56. The van der Waals surface area contributed by atoms with Crippen molar-refractivity contribution < 1.29 is 19.4 Å². The molecular weight excluding hydrogens is 340 g/mol. The molecule has 0 amide bonds. The van der Waals surface area contributed by atoms with Gasteiger partial charge < -0.3 is 9.84 Å². The van der Waals surface area contributed by atoms with Crippen LogP contribution in [0.2, 0.25) is 0 Å². The fourth-order valence-corrected chi connectivity index (χ4v) is 6.92. The van der Waals surface area contributed by atoms with Gasteiger partial charge in [0.05, 0.1) is 0 Å². The average molecular weight is 377 g/mol. The predicted molar refractivity (Wildman–Crippen MR) is 105 cm³/mol. The Kier molecular flexibility index (Phi) is 5.74. The summed E-state index contributed by atoms with van der Waals surface area (Å²) in [5.74, 6) is 1.46. The summed E-state index contributed by atoms with van der Waals surface area (Å²) in [5.41, 5.74) is 0.536. The van der Waals surface area contributed by atoms with E-state index < -0.39 is 5.97 Å². The van der Waals surface area contributed by atoms with Crippen LogP contribution >= 0.6 is 0 Å². The van der Waals surface area contributed by atoms with E-state index in [2.05, 4.69) is 27.4 Å². The van der Waals surface area contributed by atoms with Crippen molar-refractivity contribution in [3.05, 3.63) is 12.7 Å². The number of hydrogen-bond acceptors (Lipinski definition) is 3. The molecule has 3 saturated carbocycles. The van der Waals surface area contributed by atoms with Crippen LogP contribution in [0.3, 0.4) is 0 Å². The molecule has 0 saturated heterocycles. The van der Waals surface area contributed by atoms with Crippen molar-refractivity contribution in [2.24, 2.45) is 34.5 Å². The molecule has 4 nitrogen and oxygen atoms in total. The lowest BCUT2D eigenvalue weighted by atomic mass is 9.44. The van der Waals surface area contributed by atoms with E-state index in [4.69, 9.17) is 4.74 Å². The summed E-state index contributed by atoms with van der Waals surface area (Å²) in [6, 6.07) is 0. The van der Waals surface area contributed by atoms with Gasteiger partial charge in [-0.1, -0.05) is 27.4 Å². The highest BCUT2D eigenvalue weighted by molar-refractivity contribution is 5.81. The molecule has 0 bridgehead atoms. The van der Waals surface area contributed by atoms with Crippen LogP contribution in [-0.2, 0) is 14.3 Å². The van der Waals surface area contributed by atoms with Gasteiger partial charge in [-0.2, -0.15) is 0 Å². The number of ether oxygens (including phenoxy) is 1. The van der Waals surface area contributed by atoms with E-state index in [1.165, 1.54) is 31.8 Å². The molecule has 6 atom stereocenters. The molecule has 3 aliphatic carbocycles. The average Bonchev–Trinajstić information content (AvgIpc) is 2.60. The zero-order valence-electron chi connectivity index (χ0n) is 17.2. The molecule has 1 N–H and O–H groups in total. The first-order valence-electron chi connectivity index (χ1n) is 10.7. The van der Waals surface area contributed by atoms with Crippen molar-refractivity contribution >= 4 is 11.9 Å². The summed E-state index contributed by atoms with van der Waals surface area (Å²) in [4.78, 5) is 22.8. The summed E-state index contributed by atoms with van der Waals surface area (Å²) in [6.07, 6.45) is 10.2. The minimum Gasteiger partial charge on any atom is -0.481 e. The number of carboxylic acids is 1. The van der Waals surface area contributed by atoms with Crippen LogP contribution in [0.1, 0.15) is 78.6 Å². The highest BCUT2D eigenvalue weighted by atomic mass is 16.5. The third-order valence-corrected chi connectivity index (χ3v) is 8.44. The van der Waals surface area contributed by atoms with Crippen LogP contribution in [0.25, 0.3) is 0 Å². The Hall–Kier alpha value is -1.32. The van der Waals surface area contributed by atoms with Gasteiger partial charge in [-0.15, -0.1) is 0 Å². The molecule has 3 fully saturated rings. The molecule has 3 aliphatic rings. The first-order valence-corrected chi connectivity index (χ1v) is 10.7. The van der Waals surface area contributed by atoms with E-state index in [1.54, 1.807) is 0 Å². The fraction of sp³-hybridized carbons (Fsp3) is 0.826. The number of aliphatic carboxylic acids is 1. The van der Waals surface area contributed by atoms with E-state index in [0.717, 1.165) is 25.7 Å². The predicted octanol–water partition coefficient (Wildman–Crippen LogP) is 5.22. The molecule has 0 aromatic heterocycles. The van der Waals surface area contributed by atoms with E-state index in [9.17, 15) is 14.7 Å². The van der Waals surface area contributed by atoms with E-state index >= 15 is 0 Å². The van der Waals surface area contributed by atoms with Crippen LogP contribution < -0.4 is 0 Å². The van der Waals surface area contributed by atoms with E-state index in [1.807, 2.05) is 0 Å². The van der Waals surface area contributed by atoms with E-state index in [-0.39, 0.29) is 23.9 Å². The van der Waals surface area contributed by atoms with E-state index in [0.29, 0.717) is 29.1 Å². The van der Waals surface area contributed by atoms with Crippen molar-refractivity contribution in [3.63, 3.8) is 0 Å². The molecule has 0 heterocycles. The largest absolute Gasteiger partial charge is 0.481 e. The van der Waals surface area contributed by atoms with Gasteiger partial charge in [0.1, 0.15) is 6.10 Å². The lowest BCUT2D eigenvalue weighted by Gasteiger charge is -2.61. The maximum absolute atomic E-state index is 11.6. The van der Waals surface area contributed by atoms with Gasteiger partial charge in [-0.05, 0) is 85.9 Å². The number of hydrogen-bond donors (Lipinski definition) is 1. The molecule has 0 radical (unpaired) electrons. The molecule has 4 heteroatoms. The molecule has 0 aromatic rings. The Morgan fingerprint density at radius 3 is 2.56 bits per heavy atom. The smallest absolute Gasteiger partial charge is 0.330 e. The summed E-state index contributed by atoms with van der Waals surface area (Å²) in [5, 5.41) is 9.22. The quantitative estimate of drug-likeness (QED) is 0.528. The summed E-state index contributed by atoms with van der Waals surface area (Å²) < 4.78 is 5.57. The number of carbonyl (C=O) groups excluding carboxylic acids is 1. The molecule has 0 aromatic carbocycles. The molecule has 27 heavy (non-hydrogen) atoms.